The van der Waals surface area contributed by atoms with Crippen LogP contribution >= 0.6 is 11.8 Å². The van der Waals surface area contributed by atoms with Crippen LogP contribution in [0.3, 0.4) is 0 Å². The van der Waals surface area contributed by atoms with E-state index in [1.54, 1.807) is 32.0 Å². The topological polar surface area (TPSA) is 63.2 Å². The summed E-state index contributed by atoms with van der Waals surface area (Å²) in [5.41, 5.74) is 3.93. The van der Waals surface area contributed by atoms with Crippen molar-refractivity contribution >= 4 is 34.2 Å². The van der Waals surface area contributed by atoms with Gasteiger partial charge in [0.05, 0.1) is 32.9 Å². The molecule has 0 unspecified atom stereocenters. The Morgan fingerprint density at radius 1 is 1.14 bits per heavy atom. The molecule has 6 nitrogen and oxygen atoms in total. The fraction of sp³-hybridized carbons (Fsp3) is 0.238. The first-order valence-corrected chi connectivity index (χ1v) is 9.86. The van der Waals surface area contributed by atoms with E-state index in [1.807, 2.05) is 36.4 Å². The monoisotopic (exact) mass is 395 g/mol. The third-order valence-electron chi connectivity index (χ3n) is 4.65. The lowest BCUT2D eigenvalue weighted by Crippen LogP contribution is -2.19. The fourth-order valence-electron chi connectivity index (χ4n) is 3.25. The van der Waals surface area contributed by atoms with Gasteiger partial charge in [-0.3, -0.25) is 9.79 Å². The van der Waals surface area contributed by atoms with Gasteiger partial charge in [-0.2, -0.15) is 0 Å². The number of ether oxygens (including phenoxy) is 2. The van der Waals surface area contributed by atoms with Crippen LogP contribution in [0.5, 0.6) is 11.5 Å². The van der Waals surface area contributed by atoms with Crippen molar-refractivity contribution in [1.82, 2.24) is 4.90 Å². The van der Waals surface area contributed by atoms with Crippen LogP contribution in [0.4, 0.5) is 5.69 Å². The number of aliphatic imine (C=N–C) groups is 1. The molecule has 0 radical (unpaired) electrons. The van der Waals surface area contributed by atoms with Gasteiger partial charge in [-0.1, -0.05) is 30.0 Å². The lowest BCUT2D eigenvalue weighted by Gasteiger charge is -2.17. The van der Waals surface area contributed by atoms with Crippen molar-refractivity contribution in [3.05, 3.63) is 59.0 Å². The van der Waals surface area contributed by atoms with E-state index >= 15 is 0 Å². The summed E-state index contributed by atoms with van der Waals surface area (Å²) in [4.78, 5) is 19.1. The van der Waals surface area contributed by atoms with Crippen molar-refractivity contribution in [2.75, 3.05) is 32.6 Å². The smallest absolute Gasteiger partial charge is 0.228 e. The highest BCUT2D eigenvalue weighted by Gasteiger charge is 2.26. The zero-order valence-corrected chi connectivity index (χ0v) is 16.6. The molecule has 0 spiro atoms. The third kappa shape index (κ3) is 3.71. The summed E-state index contributed by atoms with van der Waals surface area (Å²) in [5.74, 6) is 1.18. The highest BCUT2D eigenvalue weighted by atomic mass is 32.2. The summed E-state index contributed by atoms with van der Waals surface area (Å²) in [7, 11) is 3.17. The molecule has 0 fully saturated rings. The highest BCUT2D eigenvalue weighted by Crippen LogP contribution is 2.35. The molecule has 1 N–H and O–H groups in total. The number of nitrogens with one attached hydrogen (secondary N) is 1. The van der Waals surface area contributed by atoms with E-state index in [0.29, 0.717) is 11.5 Å². The van der Waals surface area contributed by atoms with Gasteiger partial charge < -0.3 is 19.7 Å². The number of benzene rings is 2. The van der Waals surface area contributed by atoms with Crippen LogP contribution < -0.4 is 14.8 Å². The maximum absolute atomic E-state index is 12.4. The number of carbonyl (C=O) groups is 1. The van der Waals surface area contributed by atoms with E-state index in [2.05, 4.69) is 20.6 Å². The fourth-order valence-corrected chi connectivity index (χ4v) is 4.22. The number of anilines is 1. The number of amidine groups is 1. The van der Waals surface area contributed by atoms with E-state index in [9.17, 15) is 4.79 Å². The first kappa shape index (κ1) is 18.4. The molecule has 28 heavy (non-hydrogen) atoms. The molecule has 7 heteroatoms. The molecule has 4 rings (SSSR count). The molecule has 2 heterocycles. The molecular formula is C21H21N3O3S. The first-order valence-electron chi connectivity index (χ1n) is 8.98. The first-order chi connectivity index (χ1) is 13.7. The van der Waals surface area contributed by atoms with Gasteiger partial charge in [-0.25, -0.2) is 0 Å². The second-order valence-corrected chi connectivity index (χ2v) is 7.27. The lowest BCUT2D eigenvalue weighted by atomic mass is 10.1. The molecule has 2 aromatic carbocycles. The minimum Gasteiger partial charge on any atom is -0.493 e. The summed E-state index contributed by atoms with van der Waals surface area (Å²) >= 11 is 1.66. The van der Waals surface area contributed by atoms with Gasteiger partial charge >= 0.3 is 0 Å². The second kappa shape index (κ2) is 7.98. The van der Waals surface area contributed by atoms with Crippen molar-refractivity contribution in [3.63, 3.8) is 0 Å². The third-order valence-corrected chi connectivity index (χ3v) is 5.55. The number of fused-ring (bicyclic) bond motifs is 1. The van der Waals surface area contributed by atoms with Crippen LogP contribution in [0, 0.1) is 0 Å². The molecule has 1 amide bonds. The number of carbonyl (C=O) groups excluding carboxylic acids is 1. The molecule has 2 aliphatic heterocycles. The number of hydrogen-bond acceptors (Lipinski definition) is 6. The van der Waals surface area contributed by atoms with Crippen molar-refractivity contribution in [3.8, 4) is 11.5 Å². The Kier molecular flexibility index (Phi) is 5.25. The van der Waals surface area contributed by atoms with E-state index < -0.39 is 0 Å². The summed E-state index contributed by atoms with van der Waals surface area (Å²) in [6, 6.07) is 13.4. The van der Waals surface area contributed by atoms with E-state index in [1.165, 1.54) is 5.70 Å². The number of hydrogen-bond donors (Lipinski definition) is 1. The van der Waals surface area contributed by atoms with Crippen molar-refractivity contribution in [2.45, 2.75) is 6.42 Å². The average Bonchev–Trinajstić information content (AvgIpc) is 3.32. The predicted molar refractivity (Wildman–Crippen MR) is 113 cm³/mol. The SMILES string of the molecule is COc1ccc(CC(=O)Nc2ccc(C3=CSC4=NCCN34)cc2)cc1OC. The Hall–Kier alpha value is -2.93. The Morgan fingerprint density at radius 2 is 1.93 bits per heavy atom. The molecular weight excluding hydrogens is 374 g/mol. The Balaban J connectivity index is 1.39. The molecule has 144 valence electrons. The largest absolute Gasteiger partial charge is 0.493 e. The number of amides is 1. The van der Waals surface area contributed by atoms with Crippen LogP contribution in [-0.4, -0.2) is 43.3 Å². The molecule has 0 saturated heterocycles. The second-order valence-electron chi connectivity index (χ2n) is 6.43. The molecule has 2 aliphatic rings. The van der Waals surface area contributed by atoms with Gasteiger partial charge in [-0.15, -0.1) is 0 Å². The summed E-state index contributed by atoms with van der Waals surface area (Å²) in [5, 5.41) is 6.15. The van der Waals surface area contributed by atoms with Crippen LogP contribution in [0.25, 0.3) is 5.70 Å². The maximum Gasteiger partial charge on any atom is 0.228 e. The molecule has 0 saturated carbocycles. The summed E-state index contributed by atoms with van der Waals surface area (Å²) in [6.45, 7) is 1.78. The van der Waals surface area contributed by atoms with Crippen molar-refractivity contribution in [1.29, 1.82) is 0 Å². The maximum atomic E-state index is 12.4. The van der Waals surface area contributed by atoms with Gasteiger partial charge in [0.2, 0.25) is 5.91 Å². The predicted octanol–water partition coefficient (Wildman–Crippen LogP) is 3.60. The quantitative estimate of drug-likeness (QED) is 0.810. The number of methoxy groups -OCH3 is 2. The van der Waals surface area contributed by atoms with Gasteiger partial charge in [0.1, 0.15) is 0 Å². The average molecular weight is 395 g/mol. The molecule has 2 aromatic rings. The zero-order chi connectivity index (χ0) is 19.5. The Bertz CT molecular complexity index is 954. The molecule has 0 bridgehead atoms. The molecule has 0 atom stereocenters. The van der Waals surface area contributed by atoms with Crippen molar-refractivity contribution in [2.24, 2.45) is 4.99 Å². The van der Waals surface area contributed by atoms with Crippen molar-refractivity contribution < 1.29 is 14.3 Å². The number of nitrogens with zero attached hydrogens (tertiary/aromatic N) is 2. The van der Waals surface area contributed by atoms with E-state index in [0.717, 1.165) is 35.1 Å². The molecule has 0 aromatic heterocycles. The van der Waals surface area contributed by atoms with Gasteiger partial charge in [0.25, 0.3) is 0 Å². The van der Waals surface area contributed by atoms with E-state index in [-0.39, 0.29) is 12.3 Å². The summed E-state index contributed by atoms with van der Waals surface area (Å²) < 4.78 is 10.5. The minimum absolute atomic E-state index is 0.0791. The zero-order valence-electron chi connectivity index (χ0n) is 15.8. The normalized spacial score (nSPS) is 15.0. The van der Waals surface area contributed by atoms with Crippen LogP contribution in [0.15, 0.2) is 52.9 Å². The standard InChI is InChI=1S/C21H21N3O3S/c1-26-18-8-3-14(11-19(18)27-2)12-20(25)23-16-6-4-15(5-7-16)17-13-28-21-22-9-10-24(17)21/h3-8,11,13H,9-10,12H2,1-2H3,(H,23,25). The highest BCUT2D eigenvalue weighted by molar-refractivity contribution is 8.16. The van der Waals surface area contributed by atoms with Gasteiger partial charge in [-0.05, 0) is 35.4 Å². The number of thioether (sulfide) groups is 1. The lowest BCUT2D eigenvalue weighted by molar-refractivity contribution is -0.115. The van der Waals surface area contributed by atoms with Gasteiger partial charge in [0.15, 0.2) is 16.7 Å². The molecule has 0 aliphatic carbocycles. The van der Waals surface area contributed by atoms with Crippen LogP contribution in [-0.2, 0) is 11.2 Å². The van der Waals surface area contributed by atoms with Crippen LogP contribution in [0.2, 0.25) is 0 Å². The van der Waals surface area contributed by atoms with E-state index in [4.69, 9.17) is 9.47 Å². The Morgan fingerprint density at radius 3 is 2.68 bits per heavy atom. The Labute approximate surface area is 168 Å². The number of rotatable bonds is 6. The minimum atomic E-state index is -0.0791. The van der Waals surface area contributed by atoms with Gasteiger partial charge in [0, 0.05) is 17.6 Å². The summed E-state index contributed by atoms with van der Waals surface area (Å²) in [6.07, 6.45) is 0.261. The van der Waals surface area contributed by atoms with Crippen LogP contribution in [0.1, 0.15) is 11.1 Å².